The number of nitrogens with zero attached hydrogens (tertiary/aromatic N) is 2. The molecule has 3 rings (SSSR count). The molecule has 0 bridgehead atoms. The normalized spacial score (nSPS) is 20.6. The summed E-state index contributed by atoms with van der Waals surface area (Å²) in [5, 5.41) is 15.9. The van der Waals surface area contributed by atoms with E-state index in [0.717, 1.165) is 11.3 Å². The minimum atomic E-state index is -1.17. The van der Waals surface area contributed by atoms with Crippen molar-refractivity contribution < 1.29 is 29.0 Å². The molecule has 10 nitrogen and oxygen atoms in total. The van der Waals surface area contributed by atoms with Gasteiger partial charge in [0, 0.05) is 11.1 Å². The number of thiazole rings is 1. The summed E-state index contributed by atoms with van der Waals surface area (Å²) in [6.45, 7) is 7.09. The summed E-state index contributed by atoms with van der Waals surface area (Å²) in [5.41, 5.74) is -0.104. The van der Waals surface area contributed by atoms with Gasteiger partial charge in [-0.25, -0.2) is 14.6 Å². The van der Waals surface area contributed by atoms with Crippen molar-refractivity contribution in [1.29, 1.82) is 0 Å². The Labute approximate surface area is 193 Å². The van der Waals surface area contributed by atoms with E-state index in [0.29, 0.717) is 17.9 Å². The third kappa shape index (κ3) is 5.13. The fraction of sp³-hybridized carbons (Fsp3) is 0.450. The van der Waals surface area contributed by atoms with Crippen molar-refractivity contribution in [1.82, 2.24) is 15.2 Å². The highest BCUT2D eigenvalue weighted by atomic mass is 32.2. The third-order valence-corrected chi connectivity index (χ3v) is 6.33. The maximum absolute atomic E-state index is 13.0. The molecule has 0 aliphatic carbocycles. The van der Waals surface area contributed by atoms with Gasteiger partial charge in [-0.1, -0.05) is 13.0 Å². The van der Waals surface area contributed by atoms with Crippen molar-refractivity contribution in [2.75, 3.05) is 11.1 Å². The van der Waals surface area contributed by atoms with Crippen LogP contribution in [0.5, 0.6) is 0 Å². The van der Waals surface area contributed by atoms with Crippen LogP contribution in [0, 0.1) is 0 Å². The van der Waals surface area contributed by atoms with E-state index in [1.54, 1.807) is 32.2 Å². The van der Waals surface area contributed by atoms with Crippen LogP contribution in [0.15, 0.2) is 23.2 Å². The molecule has 172 valence electrons. The molecule has 0 radical (unpaired) electrons. The van der Waals surface area contributed by atoms with Crippen LogP contribution in [0.4, 0.5) is 9.93 Å². The number of carboxylic acid groups (broad SMARTS) is 1. The number of rotatable bonds is 6. The number of ether oxygens (including phenoxy) is 1. The first-order valence-corrected chi connectivity index (χ1v) is 11.8. The number of aliphatic carboxylic acids is 1. The molecule has 1 fully saturated rings. The zero-order valence-corrected chi connectivity index (χ0v) is 19.6. The molecule has 3 amide bonds. The Bertz CT molecular complexity index is 1010. The lowest BCUT2D eigenvalue weighted by Crippen LogP contribution is -2.70. The molecule has 2 aliphatic rings. The smallest absolute Gasteiger partial charge is 0.413 e. The molecular formula is C20H24N4O6S2. The molecule has 0 unspecified atom stereocenters. The fourth-order valence-corrected chi connectivity index (χ4v) is 5.01. The van der Waals surface area contributed by atoms with Crippen LogP contribution in [0.2, 0.25) is 0 Å². The van der Waals surface area contributed by atoms with Gasteiger partial charge in [0.15, 0.2) is 5.13 Å². The number of fused-ring (bicyclic) bond motifs is 1. The summed E-state index contributed by atoms with van der Waals surface area (Å²) in [7, 11) is 0. The standard InChI is InChI=1S/C20H24N4O6S2/c1-5-6-10(11-9-32-18(21-11)23-19(29)30-20(2,3)4)14(25)22-13-15(26)24-12(17(27)28)7-8-31-16(13)24/h6-7,9,13,16H,5,8H2,1-4H3,(H,22,25)(H,27,28)(H,21,23,29)/t13-,16-/m1/s1. The molecule has 0 saturated carbocycles. The van der Waals surface area contributed by atoms with E-state index in [9.17, 15) is 24.3 Å². The second-order valence-corrected chi connectivity index (χ2v) is 9.98. The maximum atomic E-state index is 13.0. The van der Waals surface area contributed by atoms with E-state index in [-0.39, 0.29) is 16.4 Å². The molecule has 1 aromatic rings. The predicted octanol–water partition coefficient (Wildman–Crippen LogP) is 2.65. The number of anilines is 1. The molecule has 3 heterocycles. The molecule has 0 aromatic carbocycles. The first-order chi connectivity index (χ1) is 15.0. The van der Waals surface area contributed by atoms with E-state index in [1.165, 1.54) is 22.7 Å². The molecule has 1 aromatic heterocycles. The highest BCUT2D eigenvalue weighted by molar-refractivity contribution is 8.00. The van der Waals surface area contributed by atoms with Crippen LogP contribution in [0.1, 0.15) is 39.8 Å². The zero-order valence-electron chi connectivity index (χ0n) is 18.0. The topological polar surface area (TPSA) is 138 Å². The van der Waals surface area contributed by atoms with Crippen molar-refractivity contribution in [3.8, 4) is 0 Å². The van der Waals surface area contributed by atoms with Crippen molar-refractivity contribution in [3.63, 3.8) is 0 Å². The van der Waals surface area contributed by atoms with Crippen molar-refractivity contribution in [2.24, 2.45) is 0 Å². The summed E-state index contributed by atoms with van der Waals surface area (Å²) < 4.78 is 5.20. The van der Waals surface area contributed by atoms with E-state index in [1.807, 2.05) is 6.92 Å². The first-order valence-electron chi connectivity index (χ1n) is 9.87. The van der Waals surface area contributed by atoms with Crippen LogP contribution in [-0.4, -0.2) is 61.6 Å². The second kappa shape index (κ2) is 9.33. The van der Waals surface area contributed by atoms with Crippen LogP contribution in [0.25, 0.3) is 5.57 Å². The number of aromatic nitrogens is 1. The predicted molar refractivity (Wildman–Crippen MR) is 121 cm³/mol. The number of allylic oxidation sites excluding steroid dienone is 1. The Balaban J connectivity index is 1.69. The average Bonchev–Trinajstić information content (AvgIpc) is 3.15. The van der Waals surface area contributed by atoms with Crippen molar-refractivity contribution in [2.45, 2.75) is 51.1 Å². The van der Waals surface area contributed by atoms with Gasteiger partial charge in [0.25, 0.3) is 11.8 Å². The van der Waals surface area contributed by atoms with Gasteiger partial charge in [-0.3, -0.25) is 19.8 Å². The monoisotopic (exact) mass is 480 g/mol. The molecule has 32 heavy (non-hydrogen) atoms. The lowest BCUT2D eigenvalue weighted by atomic mass is 10.0. The summed E-state index contributed by atoms with van der Waals surface area (Å²) >= 11 is 2.52. The molecule has 0 spiro atoms. The summed E-state index contributed by atoms with van der Waals surface area (Å²) in [4.78, 5) is 54.2. The van der Waals surface area contributed by atoms with Crippen LogP contribution < -0.4 is 10.6 Å². The summed E-state index contributed by atoms with van der Waals surface area (Å²) in [6, 6.07) is -0.825. The number of carbonyl (C=O) groups excluding carboxylic acids is 3. The lowest BCUT2D eigenvalue weighted by Gasteiger charge is -2.48. The number of carboxylic acids is 1. The van der Waals surface area contributed by atoms with Gasteiger partial charge in [-0.15, -0.1) is 23.1 Å². The largest absolute Gasteiger partial charge is 0.477 e. The van der Waals surface area contributed by atoms with Gasteiger partial charge in [0.05, 0.1) is 11.3 Å². The average molecular weight is 481 g/mol. The molecule has 3 N–H and O–H groups in total. The Morgan fingerprint density at radius 1 is 1.38 bits per heavy atom. The van der Waals surface area contributed by atoms with Gasteiger partial charge in [-0.05, 0) is 33.3 Å². The Kier molecular flexibility index (Phi) is 6.94. The molecular weight excluding hydrogens is 456 g/mol. The minimum absolute atomic E-state index is 0.0640. The third-order valence-electron chi connectivity index (χ3n) is 4.39. The van der Waals surface area contributed by atoms with Gasteiger partial charge < -0.3 is 15.2 Å². The van der Waals surface area contributed by atoms with E-state index < -0.39 is 40.9 Å². The van der Waals surface area contributed by atoms with Gasteiger partial charge >= 0.3 is 12.1 Å². The first kappa shape index (κ1) is 23.8. The molecule has 2 atom stereocenters. The highest BCUT2D eigenvalue weighted by Gasteiger charge is 2.52. The Morgan fingerprint density at radius 2 is 2.09 bits per heavy atom. The van der Waals surface area contributed by atoms with E-state index in [2.05, 4.69) is 15.6 Å². The number of nitrogens with one attached hydrogen (secondary N) is 2. The Morgan fingerprint density at radius 3 is 2.72 bits per heavy atom. The number of thioether (sulfide) groups is 1. The second-order valence-electron chi connectivity index (χ2n) is 7.97. The number of amides is 3. The van der Waals surface area contributed by atoms with Gasteiger partial charge in [-0.2, -0.15) is 0 Å². The zero-order chi connectivity index (χ0) is 23.6. The van der Waals surface area contributed by atoms with Gasteiger partial charge in [0.2, 0.25) is 0 Å². The van der Waals surface area contributed by atoms with Crippen LogP contribution >= 0.6 is 23.1 Å². The van der Waals surface area contributed by atoms with Crippen molar-refractivity contribution >= 4 is 57.7 Å². The Hall–Kier alpha value is -2.86. The quantitative estimate of drug-likeness (QED) is 0.417. The van der Waals surface area contributed by atoms with E-state index >= 15 is 0 Å². The highest BCUT2D eigenvalue weighted by Crippen LogP contribution is 2.37. The number of β-lactam (4-membered cyclic amide) rings is 1. The minimum Gasteiger partial charge on any atom is -0.477 e. The number of carbonyl (C=O) groups is 4. The maximum Gasteiger partial charge on any atom is 0.413 e. The summed E-state index contributed by atoms with van der Waals surface area (Å²) in [6.07, 6.45) is 3.06. The molecule has 2 aliphatic heterocycles. The number of hydrogen-bond donors (Lipinski definition) is 3. The van der Waals surface area contributed by atoms with Gasteiger partial charge in [0.1, 0.15) is 22.7 Å². The number of hydrogen-bond acceptors (Lipinski definition) is 8. The molecule has 12 heteroatoms. The molecule has 1 saturated heterocycles. The lowest BCUT2D eigenvalue weighted by molar-refractivity contribution is -0.150. The summed E-state index contributed by atoms with van der Waals surface area (Å²) in [5.74, 6) is -1.70. The van der Waals surface area contributed by atoms with E-state index in [4.69, 9.17) is 4.74 Å². The fourth-order valence-electron chi connectivity index (χ4n) is 3.12. The SMILES string of the molecule is CCC=C(C(=O)N[C@@H]1C(=O)N2C(C(=O)O)=CCS[C@H]12)c1csc(NC(=O)OC(C)(C)C)n1. The van der Waals surface area contributed by atoms with Crippen LogP contribution in [0.3, 0.4) is 0 Å². The van der Waals surface area contributed by atoms with Crippen molar-refractivity contribution in [3.05, 3.63) is 28.9 Å². The van der Waals surface area contributed by atoms with Crippen LogP contribution in [-0.2, 0) is 19.1 Å².